The van der Waals surface area contributed by atoms with E-state index in [1.165, 1.54) is 41.4 Å². The molecule has 0 unspecified atom stereocenters. The third-order valence-electron chi connectivity index (χ3n) is 2.78. The lowest BCUT2D eigenvalue weighted by Crippen LogP contribution is -2.11. The van der Waals surface area contributed by atoms with Crippen LogP contribution in [0.15, 0.2) is 17.7 Å². The van der Waals surface area contributed by atoms with Crippen molar-refractivity contribution in [1.82, 2.24) is 0 Å². The summed E-state index contributed by atoms with van der Waals surface area (Å²) in [6, 6.07) is 3.26. The molecule has 0 aliphatic heterocycles. The summed E-state index contributed by atoms with van der Waals surface area (Å²) in [6.45, 7) is 1.29. The Balaban J connectivity index is 3.42. The van der Waals surface area contributed by atoms with Crippen molar-refractivity contribution in [2.24, 2.45) is 0 Å². The first kappa shape index (κ1) is 16.6. The van der Waals surface area contributed by atoms with E-state index in [1.807, 2.05) is 0 Å². The van der Waals surface area contributed by atoms with Gasteiger partial charge in [-0.15, -0.1) is 0 Å². The highest BCUT2D eigenvalue weighted by Gasteiger charge is 2.17. The molecule has 0 saturated carbocycles. The largest absolute Gasteiger partial charge is 0.493 e. The van der Waals surface area contributed by atoms with Crippen LogP contribution in [0.5, 0.6) is 17.2 Å². The predicted octanol–water partition coefficient (Wildman–Crippen LogP) is 1.86. The molecular weight excluding hydrogens is 276 g/mol. The zero-order valence-corrected chi connectivity index (χ0v) is 12.7. The maximum atomic E-state index is 11.6. The number of benzene rings is 1. The molecule has 0 fully saturated rings. The number of esters is 1. The van der Waals surface area contributed by atoms with E-state index in [-0.39, 0.29) is 5.57 Å². The molecule has 0 radical (unpaired) electrons. The SMILES string of the molecule is COC(=O)C(=Cc1cc(OC)c(OC)c(OC)c1)C(C)=O. The number of hydrogen-bond donors (Lipinski definition) is 0. The van der Waals surface area contributed by atoms with Gasteiger partial charge in [0.25, 0.3) is 0 Å². The van der Waals surface area contributed by atoms with Crippen LogP contribution in [0, 0.1) is 0 Å². The zero-order valence-electron chi connectivity index (χ0n) is 12.7. The van der Waals surface area contributed by atoms with Crippen LogP contribution >= 0.6 is 0 Å². The van der Waals surface area contributed by atoms with Gasteiger partial charge in [-0.05, 0) is 30.7 Å². The van der Waals surface area contributed by atoms with Gasteiger partial charge in [-0.3, -0.25) is 4.79 Å². The minimum absolute atomic E-state index is 0.0632. The predicted molar refractivity (Wildman–Crippen MR) is 76.8 cm³/mol. The molecule has 21 heavy (non-hydrogen) atoms. The highest BCUT2D eigenvalue weighted by molar-refractivity contribution is 6.19. The Hall–Kier alpha value is -2.50. The van der Waals surface area contributed by atoms with Crippen molar-refractivity contribution in [3.05, 3.63) is 23.3 Å². The second-order valence-corrected chi connectivity index (χ2v) is 4.06. The molecular formula is C15H18O6. The van der Waals surface area contributed by atoms with Gasteiger partial charge in [-0.25, -0.2) is 4.79 Å². The van der Waals surface area contributed by atoms with E-state index in [1.54, 1.807) is 12.1 Å². The summed E-state index contributed by atoms with van der Waals surface area (Å²) in [6.07, 6.45) is 1.42. The van der Waals surface area contributed by atoms with E-state index in [0.717, 1.165) is 0 Å². The normalized spacial score (nSPS) is 10.8. The summed E-state index contributed by atoms with van der Waals surface area (Å²) in [7, 11) is 5.67. The summed E-state index contributed by atoms with van der Waals surface area (Å²) in [5, 5.41) is 0. The fourth-order valence-corrected chi connectivity index (χ4v) is 1.77. The lowest BCUT2D eigenvalue weighted by Gasteiger charge is -2.13. The van der Waals surface area contributed by atoms with E-state index in [9.17, 15) is 9.59 Å². The smallest absolute Gasteiger partial charge is 0.341 e. The van der Waals surface area contributed by atoms with Crippen molar-refractivity contribution in [3.8, 4) is 17.2 Å². The van der Waals surface area contributed by atoms with Gasteiger partial charge in [0.1, 0.15) is 5.57 Å². The summed E-state index contributed by atoms with van der Waals surface area (Å²) < 4.78 is 20.2. The van der Waals surface area contributed by atoms with Crippen molar-refractivity contribution in [2.75, 3.05) is 28.4 Å². The molecule has 0 atom stereocenters. The first-order valence-electron chi connectivity index (χ1n) is 6.09. The molecule has 1 rings (SSSR count). The summed E-state index contributed by atoms with van der Waals surface area (Å²) in [5.41, 5.74) is 0.492. The Morgan fingerprint density at radius 1 is 0.952 bits per heavy atom. The van der Waals surface area contributed by atoms with Gasteiger partial charge in [-0.2, -0.15) is 0 Å². The maximum Gasteiger partial charge on any atom is 0.341 e. The molecule has 0 heterocycles. The lowest BCUT2D eigenvalue weighted by atomic mass is 10.1. The van der Waals surface area contributed by atoms with Crippen molar-refractivity contribution in [3.63, 3.8) is 0 Å². The third-order valence-corrected chi connectivity index (χ3v) is 2.78. The number of ketones is 1. The molecule has 0 aliphatic carbocycles. The van der Waals surface area contributed by atoms with Crippen LogP contribution in [-0.2, 0) is 14.3 Å². The molecule has 0 saturated heterocycles. The Bertz CT molecular complexity index is 549. The van der Waals surface area contributed by atoms with Crippen molar-refractivity contribution >= 4 is 17.8 Å². The van der Waals surface area contributed by atoms with Crippen molar-refractivity contribution < 1.29 is 28.5 Å². The van der Waals surface area contributed by atoms with E-state index >= 15 is 0 Å². The van der Waals surface area contributed by atoms with Crippen LogP contribution in [0.3, 0.4) is 0 Å². The highest BCUT2D eigenvalue weighted by Crippen LogP contribution is 2.38. The molecule has 0 aliphatic rings. The van der Waals surface area contributed by atoms with Crippen LogP contribution in [0.2, 0.25) is 0 Å². The molecule has 0 spiro atoms. The summed E-state index contributed by atoms with van der Waals surface area (Å²) >= 11 is 0. The number of carbonyl (C=O) groups is 2. The quantitative estimate of drug-likeness (QED) is 0.345. The second-order valence-electron chi connectivity index (χ2n) is 4.06. The summed E-state index contributed by atoms with van der Waals surface area (Å²) in [5.74, 6) is 0.193. The van der Waals surface area contributed by atoms with Gasteiger partial charge in [0, 0.05) is 0 Å². The lowest BCUT2D eigenvalue weighted by molar-refractivity contribution is -0.137. The van der Waals surface area contributed by atoms with E-state index < -0.39 is 11.8 Å². The first-order chi connectivity index (χ1) is 9.98. The zero-order chi connectivity index (χ0) is 16.0. The molecule has 1 aromatic rings. The van der Waals surface area contributed by atoms with Crippen LogP contribution < -0.4 is 14.2 Å². The molecule has 114 valence electrons. The van der Waals surface area contributed by atoms with E-state index in [0.29, 0.717) is 22.8 Å². The van der Waals surface area contributed by atoms with E-state index in [2.05, 4.69) is 4.74 Å². The van der Waals surface area contributed by atoms with Gasteiger partial charge in [0.2, 0.25) is 5.75 Å². The number of methoxy groups -OCH3 is 4. The van der Waals surface area contributed by atoms with Gasteiger partial charge in [-0.1, -0.05) is 0 Å². The van der Waals surface area contributed by atoms with Gasteiger partial charge in [0.15, 0.2) is 17.3 Å². The topological polar surface area (TPSA) is 71.1 Å². The summed E-state index contributed by atoms with van der Waals surface area (Å²) in [4.78, 5) is 23.1. The molecule has 6 nitrogen and oxygen atoms in total. The number of Topliss-reactive ketones (excluding diaryl/α,β-unsaturated/α-hetero) is 1. The molecule has 1 aromatic carbocycles. The fraction of sp³-hybridized carbons (Fsp3) is 0.333. The first-order valence-corrected chi connectivity index (χ1v) is 6.09. The molecule has 6 heteroatoms. The van der Waals surface area contributed by atoms with Crippen LogP contribution in [0.25, 0.3) is 6.08 Å². The molecule has 0 aromatic heterocycles. The Morgan fingerprint density at radius 2 is 1.48 bits per heavy atom. The maximum absolute atomic E-state index is 11.6. The third kappa shape index (κ3) is 3.75. The molecule has 0 bridgehead atoms. The van der Waals surface area contributed by atoms with Gasteiger partial charge in [0.05, 0.1) is 28.4 Å². The average molecular weight is 294 g/mol. The van der Waals surface area contributed by atoms with Gasteiger partial charge >= 0.3 is 5.97 Å². The van der Waals surface area contributed by atoms with E-state index in [4.69, 9.17) is 14.2 Å². The average Bonchev–Trinajstić information content (AvgIpc) is 2.50. The van der Waals surface area contributed by atoms with Crippen LogP contribution in [0.4, 0.5) is 0 Å². The standard InChI is InChI=1S/C15H18O6/c1-9(16)11(15(17)21-5)6-10-7-12(18-2)14(20-4)13(8-10)19-3/h6-8H,1-5H3. The number of carbonyl (C=O) groups excluding carboxylic acids is 2. The van der Waals surface area contributed by atoms with Crippen LogP contribution in [0.1, 0.15) is 12.5 Å². The number of hydrogen-bond acceptors (Lipinski definition) is 6. The Labute approximate surface area is 123 Å². The molecule has 0 N–H and O–H groups in total. The monoisotopic (exact) mass is 294 g/mol. The molecule has 0 amide bonds. The Morgan fingerprint density at radius 3 is 1.81 bits per heavy atom. The van der Waals surface area contributed by atoms with Crippen molar-refractivity contribution in [1.29, 1.82) is 0 Å². The minimum atomic E-state index is -0.698. The highest BCUT2D eigenvalue weighted by atomic mass is 16.5. The minimum Gasteiger partial charge on any atom is -0.493 e. The second kappa shape index (κ2) is 7.33. The van der Waals surface area contributed by atoms with Crippen LogP contribution in [-0.4, -0.2) is 40.2 Å². The Kier molecular flexibility index (Phi) is 5.78. The van der Waals surface area contributed by atoms with Crippen molar-refractivity contribution in [2.45, 2.75) is 6.92 Å². The van der Waals surface area contributed by atoms with Gasteiger partial charge < -0.3 is 18.9 Å². The number of ether oxygens (including phenoxy) is 4. The fourth-order valence-electron chi connectivity index (χ4n) is 1.77. The number of rotatable bonds is 6.